The number of carbonyl (C=O) groups is 2. The number of halogens is 1. The minimum Gasteiger partial charge on any atom is -0.493 e. The predicted octanol–water partition coefficient (Wildman–Crippen LogP) is 2.59. The summed E-state index contributed by atoms with van der Waals surface area (Å²) in [5.41, 5.74) is 2.67. The minimum atomic E-state index is -1.14. The van der Waals surface area contributed by atoms with Gasteiger partial charge in [0.25, 0.3) is 11.6 Å². The van der Waals surface area contributed by atoms with Crippen LogP contribution in [0.3, 0.4) is 0 Å². The Morgan fingerprint density at radius 1 is 1.36 bits per heavy atom. The Morgan fingerprint density at radius 3 is 2.75 bits per heavy atom. The molecule has 0 spiro atoms. The molecule has 0 aliphatic heterocycles. The van der Waals surface area contributed by atoms with Crippen molar-refractivity contribution in [2.24, 2.45) is 5.10 Å². The summed E-state index contributed by atoms with van der Waals surface area (Å²) in [5.74, 6) is -1.28. The van der Waals surface area contributed by atoms with Gasteiger partial charge in [0.05, 0.1) is 22.7 Å². The lowest BCUT2D eigenvalue weighted by atomic mass is 10.2. The molecule has 11 heteroatoms. The van der Waals surface area contributed by atoms with E-state index in [0.29, 0.717) is 10.0 Å². The molecule has 0 aliphatic carbocycles. The number of hydrogen-bond donors (Lipinski definition) is 2. The smallest absolute Gasteiger partial charge is 0.341 e. The first kappa shape index (κ1) is 20.8. The highest BCUT2D eigenvalue weighted by atomic mass is 79.9. The first-order valence-electron chi connectivity index (χ1n) is 7.61. The number of nitrogens with one attached hydrogen (secondary N) is 1. The molecular formula is C17H14BrN3O7. The molecule has 0 unspecified atom stereocenters. The predicted molar refractivity (Wildman–Crippen MR) is 102 cm³/mol. The maximum atomic E-state index is 12.0. The number of nitro benzene ring substituents is 1. The number of carboxylic acid groups (broad SMARTS) is 1. The van der Waals surface area contributed by atoms with Gasteiger partial charge in [0.2, 0.25) is 0 Å². The molecule has 0 fully saturated rings. The molecule has 0 radical (unpaired) electrons. The monoisotopic (exact) mass is 451 g/mol. The van der Waals surface area contributed by atoms with Crippen LogP contribution in [0, 0.1) is 10.1 Å². The van der Waals surface area contributed by atoms with E-state index in [0.717, 1.165) is 6.07 Å². The molecule has 10 nitrogen and oxygen atoms in total. The number of amides is 1. The fourth-order valence-electron chi connectivity index (χ4n) is 2.08. The molecule has 146 valence electrons. The summed E-state index contributed by atoms with van der Waals surface area (Å²) in [7, 11) is 1.39. The molecule has 28 heavy (non-hydrogen) atoms. The number of carbonyl (C=O) groups excluding carboxylic acids is 1. The Balaban J connectivity index is 2.12. The van der Waals surface area contributed by atoms with Gasteiger partial charge in [0, 0.05) is 17.7 Å². The van der Waals surface area contributed by atoms with Gasteiger partial charge < -0.3 is 14.6 Å². The second-order valence-corrected chi connectivity index (χ2v) is 6.08. The molecule has 0 aliphatic rings. The van der Waals surface area contributed by atoms with Crippen LogP contribution in [0.15, 0.2) is 46.0 Å². The van der Waals surface area contributed by atoms with E-state index < -0.39 is 23.4 Å². The fourth-order valence-corrected chi connectivity index (χ4v) is 2.65. The Morgan fingerprint density at radius 2 is 2.11 bits per heavy atom. The van der Waals surface area contributed by atoms with Gasteiger partial charge in [-0.2, -0.15) is 5.10 Å². The van der Waals surface area contributed by atoms with Crippen molar-refractivity contribution in [1.29, 1.82) is 0 Å². The zero-order valence-corrected chi connectivity index (χ0v) is 16.0. The SMILES string of the molecule is COc1cc(/C=N\NC(=O)c2cccc([N+](=O)[O-])c2)cc(Br)c1OCC(=O)O. The van der Waals surface area contributed by atoms with Crippen molar-refractivity contribution in [1.82, 2.24) is 5.43 Å². The van der Waals surface area contributed by atoms with Crippen LogP contribution in [-0.4, -0.2) is 41.8 Å². The highest BCUT2D eigenvalue weighted by molar-refractivity contribution is 9.10. The van der Waals surface area contributed by atoms with Crippen LogP contribution >= 0.6 is 15.9 Å². The van der Waals surface area contributed by atoms with Crippen molar-refractivity contribution in [2.45, 2.75) is 0 Å². The third-order valence-electron chi connectivity index (χ3n) is 3.29. The number of ether oxygens (including phenoxy) is 2. The zero-order valence-electron chi connectivity index (χ0n) is 14.4. The van der Waals surface area contributed by atoms with Gasteiger partial charge in [-0.25, -0.2) is 10.2 Å². The van der Waals surface area contributed by atoms with Gasteiger partial charge in [0.15, 0.2) is 18.1 Å². The number of nitro groups is 1. The Labute approximate surface area is 167 Å². The van der Waals surface area contributed by atoms with Crippen molar-refractivity contribution in [3.05, 3.63) is 62.1 Å². The van der Waals surface area contributed by atoms with Gasteiger partial charge in [-0.3, -0.25) is 14.9 Å². The number of benzene rings is 2. The first-order valence-corrected chi connectivity index (χ1v) is 8.41. The Hall–Kier alpha value is -3.47. The molecule has 0 heterocycles. The normalized spacial score (nSPS) is 10.5. The number of nitrogens with zero attached hydrogens (tertiary/aromatic N) is 2. The standard InChI is InChI=1S/C17H14BrN3O7/c1-27-14-6-10(5-13(18)16(14)28-9-15(22)23)8-19-20-17(24)11-3-2-4-12(7-11)21(25)26/h2-8H,9H2,1H3,(H,20,24)(H,22,23)/b19-8-. The lowest BCUT2D eigenvalue weighted by Gasteiger charge is -2.12. The highest BCUT2D eigenvalue weighted by Crippen LogP contribution is 2.36. The Bertz CT molecular complexity index is 946. The van der Waals surface area contributed by atoms with E-state index in [4.69, 9.17) is 14.6 Å². The maximum Gasteiger partial charge on any atom is 0.341 e. The highest BCUT2D eigenvalue weighted by Gasteiger charge is 2.13. The van der Waals surface area contributed by atoms with Crippen molar-refractivity contribution in [2.75, 3.05) is 13.7 Å². The molecule has 0 bridgehead atoms. The van der Waals surface area contributed by atoms with Crippen molar-refractivity contribution < 1.29 is 29.1 Å². The van der Waals surface area contributed by atoms with Crippen molar-refractivity contribution >= 4 is 39.7 Å². The van der Waals surface area contributed by atoms with E-state index in [1.807, 2.05) is 0 Å². The molecule has 1 amide bonds. The second kappa shape index (κ2) is 9.46. The van der Waals surface area contributed by atoms with Crippen molar-refractivity contribution in [3.63, 3.8) is 0 Å². The van der Waals surface area contributed by atoms with Crippen LogP contribution in [0.2, 0.25) is 0 Å². The number of hydrazone groups is 1. The lowest BCUT2D eigenvalue weighted by molar-refractivity contribution is -0.384. The Kier molecular flexibility index (Phi) is 7.04. The first-order chi connectivity index (χ1) is 13.3. The third kappa shape index (κ3) is 5.51. The number of carboxylic acids is 1. The lowest BCUT2D eigenvalue weighted by Crippen LogP contribution is -2.17. The molecule has 0 saturated heterocycles. The maximum absolute atomic E-state index is 12.0. The van der Waals surface area contributed by atoms with Gasteiger partial charge in [-0.15, -0.1) is 0 Å². The van der Waals surface area contributed by atoms with E-state index in [2.05, 4.69) is 26.5 Å². The topological polar surface area (TPSA) is 140 Å². The molecule has 2 aromatic carbocycles. The van der Waals surface area contributed by atoms with E-state index in [1.165, 1.54) is 37.6 Å². The van der Waals surface area contributed by atoms with Gasteiger partial charge in [-0.05, 0) is 39.7 Å². The van der Waals surface area contributed by atoms with E-state index >= 15 is 0 Å². The summed E-state index contributed by atoms with van der Waals surface area (Å²) in [6.45, 7) is -0.540. The molecule has 2 N–H and O–H groups in total. The summed E-state index contributed by atoms with van der Waals surface area (Å²) in [6.07, 6.45) is 1.32. The third-order valence-corrected chi connectivity index (χ3v) is 3.88. The van der Waals surface area contributed by atoms with Gasteiger partial charge in [-0.1, -0.05) is 6.07 Å². The summed E-state index contributed by atoms with van der Waals surface area (Å²) < 4.78 is 10.8. The quantitative estimate of drug-likeness (QED) is 0.356. The number of rotatable bonds is 8. The summed E-state index contributed by atoms with van der Waals surface area (Å²) in [5, 5.41) is 23.3. The van der Waals surface area contributed by atoms with Crippen molar-refractivity contribution in [3.8, 4) is 11.5 Å². The minimum absolute atomic E-state index is 0.0857. The zero-order chi connectivity index (χ0) is 20.7. The second-order valence-electron chi connectivity index (χ2n) is 5.22. The molecule has 2 aromatic rings. The molecular weight excluding hydrogens is 438 g/mol. The van der Waals surface area contributed by atoms with Crippen LogP contribution in [0.4, 0.5) is 5.69 Å². The van der Waals surface area contributed by atoms with E-state index in [-0.39, 0.29) is 22.7 Å². The average molecular weight is 452 g/mol. The molecule has 2 rings (SSSR count). The number of aliphatic carboxylic acids is 1. The van der Waals surface area contributed by atoms with Gasteiger partial charge >= 0.3 is 5.97 Å². The summed E-state index contributed by atoms with van der Waals surface area (Å²) in [6, 6.07) is 8.35. The van der Waals surface area contributed by atoms with E-state index in [1.54, 1.807) is 6.07 Å². The number of methoxy groups -OCH3 is 1. The van der Waals surface area contributed by atoms with E-state index in [9.17, 15) is 19.7 Å². The average Bonchev–Trinajstić information content (AvgIpc) is 2.66. The van der Waals surface area contributed by atoms with Crippen LogP contribution in [0.5, 0.6) is 11.5 Å². The molecule has 0 atom stereocenters. The molecule has 0 saturated carbocycles. The summed E-state index contributed by atoms with van der Waals surface area (Å²) in [4.78, 5) is 32.9. The van der Waals surface area contributed by atoms with Crippen LogP contribution in [-0.2, 0) is 4.79 Å². The number of hydrogen-bond acceptors (Lipinski definition) is 7. The van der Waals surface area contributed by atoms with Gasteiger partial charge in [0.1, 0.15) is 0 Å². The largest absolute Gasteiger partial charge is 0.493 e. The molecule has 0 aromatic heterocycles. The fraction of sp³-hybridized carbons (Fsp3) is 0.118. The van der Waals surface area contributed by atoms with Crippen LogP contribution in [0.1, 0.15) is 15.9 Å². The van der Waals surface area contributed by atoms with Crippen LogP contribution < -0.4 is 14.9 Å². The number of non-ortho nitro benzene ring substituents is 1. The van der Waals surface area contributed by atoms with Crippen LogP contribution in [0.25, 0.3) is 0 Å². The summed E-state index contributed by atoms with van der Waals surface area (Å²) >= 11 is 3.26.